The van der Waals surface area contributed by atoms with Crippen LogP contribution >= 0.6 is 0 Å². The summed E-state index contributed by atoms with van der Waals surface area (Å²) in [6.45, 7) is 2.40. The smallest absolute Gasteiger partial charge is 0.362 e. The maximum absolute atomic E-state index is 13.8. The van der Waals surface area contributed by atoms with Gasteiger partial charge >= 0.3 is 5.63 Å². The fourth-order valence-electron chi connectivity index (χ4n) is 2.45. The van der Waals surface area contributed by atoms with Gasteiger partial charge in [-0.05, 0) is 31.2 Å². The second kappa shape index (κ2) is 6.54. The lowest BCUT2D eigenvalue weighted by Crippen LogP contribution is -2.21. The number of fused-ring (bicyclic) bond motifs is 1. The van der Waals surface area contributed by atoms with Crippen LogP contribution in [0, 0.1) is 5.82 Å². The molecular formula is C18H15FN2O3. The van der Waals surface area contributed by atoms with Crippen molar-refractivity contribution < 1.29 is 13.6 Å². The van der Waals surface area contributed by atoms with E-state index in [4.69, 9.17) is 4.42 Å². The third-order valence-electron chi connectivity index (χ3n) is 3.52. The van der Waals surface area contributed by atoms with Crippen molar-refractivity contribution in [3.63, 3.8) is 0 Å². The largest absolute Gasteiger partial charge is 0.421 e. The molecule has 3 aromatic rings. The van der Waals surface area contributed by atoms with Crippen LogP contribution in [0.2, 0.25) is 0 Å². The lowest BCUT2D eigenvalue weighted by atomic mass is 10.1. The first-order chi connectivity index (χ1) is 11.6. The maximum Gasteiger partial charge on any atom is 0.362 e. The Bertz CT molecular complexity index is 966. The third-order valence-corrected chi connectivity index (χ3v) is 3.52. The molecule has 3 rings (SSSR count). The summed E-state index contributed by atoms with van der Waals surface area (Å²) >= 11 is 0. The molecule has 122 valence electrons. The SMILES string of the molecule is CCNc1c(NC(=O)c2ccccc2F)c(=O)oc2ccccc12. The van der Waals surface area contributed by atoms with Crippen molar-refractivity contribution in [2.45, 2.75) is 6.92 Å². The lowest BCUT2D eigenvalue weighted by molar-refractivity contribution is 0.102. The minimum absolute atomic E-state index is 0.0381. The van der Waals surface area contributed by atoms with E-state index in [-0.39, 0.29) is 11.3 Å². The number of anilines is 2. The van der Waals surface area contributed by atoms with Crippen LogP contribution in [0.5, 0.6) is 0 Å². The maximum atomic E-state index is 13.8. The van der Waals surface area contributed by atoms with E-state index in [2.05, 4.69) is 10.6 Å². The summed E-state index contributed by atoms with van der Waals surface area (Å²) in [5, 5.41) is 6.18. The van der Waals surface area contributed by atoms with Crippen LogP contribution < -0.4 is 16.3 Å². The monoisotopic (exact) mass is 326 g/mol. The first kappa shape index (κ1) is 15.7. The van der Waals surface area contributed by atoms with Crippen molar-refractivity contribution >= 4 is 28.3 Å². The van der Waals surface area contributed by atoms with Crippen molar-refractivity contribution in [2.75, 3.05) is 17.2 Å². The zero-order chi connectivity index (χ0) is 17.1. The quantitative estimate of drug-likeness (QED) is 0.718. The average Bonchev–Trinajstić information content (AvgIpc) is 2.58. The normalized spacial score (nSPS) is 10.6. The minimum atomic E-state index is -0.713. The molecule has 0 atom stereocenters. The van der Waals surface area contributed by atoms with Gasteiger partial charge in [-0.15, -0.1) is 0 Å². The number of carbonyl (C=O) groups is 1. The molecule has 2 N–H and O–H groups in total. The van der Waals surface area contributed by atoms with Gasteiger partial charge < -0.3 is 15.1 Å². The Hall–Kier alpha value is -3.15. The fourth-order valence-corrected chi connectivity index (χ4v) is 2.45. The topological polar surface area (TPSA) is 71.3 Å². The van der Waals surface area contributed by atoms with Crippen LogP contribution in [0.15, 0.2) is 57.7 Å². The van der Waals surface area contributed by atoms with Crippen molar-refractivity contribution in [2.24, 2.45) is 0 Å². The first-order valence-corrected chi connectivity index (χ1v) is 7.47. The molecule has 0 saturated carbocycles. The zero-order valence-electron chi connectivity index (χ0n) is 12.9. The molecule has 0 spiro atoms. The number of benzene rings is 2. The van der Waals surface area contributed by atoms with Gasteiger partial charge in [-0.1, -0.05) is 24.3 Å². The number of halogens is 1. The second-order valence-corrected chi connectivity index (χ2v) is 5.10. The van der Waals surface area contributed by atoms with Gasteiger partial charge in [0.15, 0.2) is 5.69 Å². The molecule has 1 aromatic heterocycles. The molecule has 5 nitrogen and oxygen atoms in total. The van der Waals surface area contributed by atoms with E-state index < -0.39 is 17.3 Å². The average molecular weight is 326 g/mol. The number of nitrogens with one attached hydrogen (secondary N) is 2. The summed E-state index contributed by atoms with van der Waals surface area (Å²) in [5.74, 6) is -1.37. The van der Waals surface area contributed by atoms with Gasteiger partial charge in [-0.2, -0.15) is 0 Å². The molecule has 0 saturated heterocycles. The summed E-state index contributed by atoms with van der Waals surface area (Å²) in [6.07, 6.45) is 0. The Kier molecular flexibility index (Phi) is 4.29. The molecule has 0 aliphatic heterocycles. The Morgan fingerprint density at radius 2 is 1.79 bits per heavy atom. The van der Waals surface area contributed by atoms with Gasteiger partial charge in [0, 0.05) is 11.9 Å². The third kappa shape index (κ3) is 2.86. The minimum Gasteiger partial charge on any atom is -0.421 e. The fraction of sp³-hybridized carbons (Fsp3) is 0.111. The highest BCUT2D eigenvalue weighted by Crippen LogP contribution is 2.28. The first-order valence-electron chi connectivity index (χ1n) is 7.47. The molecule has 1 amide bonds. The van der Waals surface area contributed by atoms with E-state index in [1.807, 2.05) is 6.92 Å². The van der Waals surface area contributed by atoms with Gasteiger partial charge in [-0.3, -0.25) is 4.79 Å². The summed E-state index contributed by atoms with van der Waals surface area (Å²) in [5.41, 5.74) is -0.0259. The zero-order valence-corrected chi connectivity index (χ0v) is 12.9. The summed E-state index contributed by atoms with van der Waals surface area (Å²) in [6, 6.07) is 12.6. The van der Waals surface area contributed by atoms with Crippen LogP contribution in [0.25, 0.3) is 11.0 Å². The Morgan fingerprint density at radius 1 is 1.08 bits per heavy atom. The number of hydrogen-bond acceptors (Lipinski definition) is 4. The molecule has 0 bridgehead atoms. The molecule has 1 heterocycles. The summed E-state index contributed by atoms with van der Waals surface area (Å²) in [7, 11) is 0. The van der Waals surface area contributed by atoms with Gasteiger partial charge in [0.2, 0.25) is 0 Å². The number of rotatable bonds is 4. The highest BCUT2D eigenvalue weighted by Gasteiger charge is 2.18. The molecule has 0 radical (unpaired) electrons. The standard InChI is InChI=1S/C18H15FN2O3/c1-2-20-15-12-8-4-6-10-14(12)24-18(23)16(15)21-17(22)11-7-3-5-9-13(11)19/h3-10,20H,2H2,1H3,(H,21,22). The van der Waals surface area contributed by atoms with Gasteiger partial charge in [0.05, 0.1) is 11.3 Å². The molecule has 0 aliphatic rings. The highest BCUT2D eigenvalue weighted by atomic mass is 19.1. The van der Waals surface area contributed by atoms with E-state index in [0.717, 1.165) is 0 Å². The Labute approximate surface area is 137 Å². The van der Waals surface area contributed by atoms with Crippen molar-refractivity contribution in [1.82, 2.24) is 0 Å². The van der Waals surface area contributed by atoms with E-state index in [9.17, 15) is 14.0 Å². The Balaban J connectivity index is 2.10. The molecular weight excluding hydrogens is 311 g/mol. The van der Waals surface area contributed by atoms with E-state index in [1.54, 1.807) is 30.3 Å². The van der Waals surface area contributed by atoms with Gasteiger partial charge in [-0.25, -0.2) is 9.18 Å². The lowest BCUT2D eigenvalue weighted by Gasteiger charge is -2.13. The predicted molar refractivity (Wildman–Crippen MR) is 91.0 cm³/mol. The van der Waals surface area contributed by atoms with Crippen LogP contribution in [0.4, 0.5) is 15.8 Å². The van der Waals surface area contributed by atoms with Crippen LogP contribution in [-0.4, -0.2) is 12.5 Å². The number of hydrogen-bond donors (Lipinski definition) is 2. The van der Waals surface area contributed by atoms with Crippen LogP contribution in [-0.2, 0) is 0 Å². The molecule has 2 aromatic carbocycles. The Morgan fingerprint density at radius 3 is 2.54 bits per heavy atom. The van der Waals surface area contributed by atoms with Gasteiger partial charge in [0.25, 0.3) is 5.91 Å². The van der Waals surface area contributed by atoms with Gasteiger partial charge in [0.1, 0.15) is 11.4 Å². The molecule has 6 heteroatoms. The number of amides is 1. The van der Waals surface area contributed by atoms with Crippen LogP contribution in [0.1, 0.15) is 17.3 Å². The predicted octanol–water partition coefficient (Wildman–Crippen LogP) is 3.62. The van der Waals surface area contributed by atoms with Crippen molar-refractivity contribution in [3.8, 4) is 0 Å². The van der Waals surface area contributed by atoms with E-state index >= 15 is 0 Å². The number of para-hydroxylation sites is 1. The van der Waals surface area contributed by atoms with Crippen LogP contribution in [0.3, 0.4) is 0 Å². The molecule has 24 heavy (non-hydrogen) atoms. The summed E-state index contributed by atoms with van der Waals surface area (Å²) in [4.78, 5) is 24.6. The highest BCUT2D eigenvalue weighted by molar-refractivity contribution is 6.08. The number of carbonyl (C=O) groups excluding carboxylic acids is 1. The molecule has 0 aliphatic carbocycles. The summed E-state index contributed by atoms with van der Waals surface area (Å²) < 4.78 is 19.0. The van der Waals surface area contributed by atoms with Crippen molar-refractivity contribution in [1.29, 1.82) is 0 Å². The second-order valence-electron chi connectivity index (χ2n) is 5.10. The van der Waals surface area contributed by atoms with E-state index in [1.165, 1.54) is 18.2 Å². The van der Waals surface area contributed by atoms with E-state index in [0.29, 0.717) is 23.2 Å². The van der Waals surface area contributed by atoms with Crippen molar-refractivity contribution in [3.05, 3.63) is 70.3 Å². The molecule has 0 unspecified atom stereocenters. The molecule has 0 fully saturated rings.